The van der Waals surface area contributed by atoms with Crippen LogP contribution in [0.25, 0.3) is 0 Å². The minimum atomic E-state index is -0.802. The van der Waals surface area contributed by atoms with Gasteiger partial charge in [-0.1, -0.05) is 6.92 Å². The van der Waals surface area contributed by atoms with Crippen LogP contribution >= 0.6 is 0 Å². The maximum absolute atomic E-state index is 12.0. The van der Waals surface area contributed by atoms with Crippen LogP contribution in [0.4, 0.5) is 0 Å². The summed E-state index contributed by atoms with van der Waals surface area (Å²) >= 11 is 0. The molecule has 0 bridgehead atoms. The molecule has 1 aliphatic heterocycles. The predicted octanol–water partition coefficient (Wildman–Crippen LogP) is -0.770. The van der Waals surface area contributed by atoms with Crippen molar-refractivity contribution in [3.63, 3.8) is 0 Å². The van der Waals surface area contributed by atoms with Crippen LogP contribution in [-0.4, -0.2) is 39.7 Å². The van der Waals surface area contributed by atoms with Gasteiger partial charge < -0.3 is 14.6 Å². The first-order valence-electron chi connectivity index (χ1n) is 6.15. The second-order valence-corrected chi connectivity index (χ2v) is 4.57. The van der Waals surface area contributed by atoms with E-state index in [-0.39, 0.29) is 11.7 Å². The topological polar surface area (TPSA) is 82.7 Å². The van der Waals surface area contributed by atoms with Crippen LogP contribution in [-0.2, 0) is 16.5 Å². The summed E-state index contributed by atoms with van der Waals surface area (Å²) in [6.45, 7) is 1.88. The second kappa shape index (κ2) is 5.28. The lowest BCUT2D eigenvalue weighted by molar-refractivity contribution is -0.0548. The van der Waals surface area contributed by atoms with E-state index in [1.54, 1.807) is 0 Å². The van der Waals surface area contributed by atoms with Crippen molar-refractivity contribution in [3.05, 3.63) is 33.1 Å². The number of aliphatic hydroxyl groups excluding tert-OH is 1. The molecule has 0 unspecified atom stereocenters. The highest BCUT2D eigenvalue weighted by Crippen LogP contribution is 2.31. The Morgan fingerprint density at radius 3 is 2.74 bits per heavy atom. The number of rotatable bonds is 3. The minimum absolute atomic E-state index is 0.388. The molecule has 2 heterocycles. The van der Waals surface area contributed by atoms with E-state index in [0.29, 0.717) is 6.42 Å². The summed E-state index contributed by atoms with van der Waals surface area (Å²) in [6, 6.07) is 1.28. The van der Waals surface area contributed by atoms with Crippen LogP contribution in [0.5, 0.6) is 0 Å². The summed E-state index contributed by atoms with van der Waals surface area (Å²) in [5.74, 6) is 0. The number of methoxy groups -OCH3 is 1. The second-order valence-electron chi connectivity index (χ2n) is 4.57. The van der Waals surface area contributed by atoms with Gasteiger partial charge in [0.1, 0.15) is 12.2 Å². The number of aromatic nitrogens is 2. The first kappa shape index (κ1) is 14.0. The third-order valence-corrected chi connectivity index (χ3v) is 3.48. The van der Waals surface area contributed by atoms with Crippen molar-refractivity contribution < 1.29 is 14.6 Å². The standard InChI is InChI=1S/C12H18N2O5/c1-4-7-9(16)10(18-3)11(19-7)14-6-5-8(15)13(2)12(14)17/h5-7,9-11,16H,4H2,1-3H3/t7-,9-,10-,11-/m1/s1. The third kappa shape index (κ3) is 2.24. The molecule has 1 fully saturated rings. The van der Waals surface area contributed by atoms with E-state index in [0.717, 1.165) is 4.57 Å². The van der Waals surface area contributed by atoms with E-state index in [1.165, 1.54) is 31.0 Å². The Morgan fingerprint density at radius 1 is 1.47 bits per heavy atom. The summed E-state index contributed by atoms with van der Waals surface area (Å²) < 4.78 is 13.1. The Bertz CT molecular complexity index is 564. The molecule has 0 aliphatic carbocycles. The molecule has 7 heteroatoms. The lowest BCUT2D eigenvalue weighted by atomic mass is 10.1. The molecular formula is C12H18N2O5. The number of hydrogen-bond acceptors (Lipinski definition) is 5. The Kier molecular flexibility index (Phi) is 3.88. The van der Waals surface area contributed by atoms with Gasteiger partial charge in [0.05, 0.1) is 6.10 Å². The zero-order valence-corrected chi connectivity index (χ0v) is 11.1. The summed E-state index contributed by atoms with van der Waals surface area (Å²) in [5.41, 5.74) is -0.885. The number of hydrogen-bond donors (Lipinski definition) is 1. The molecule has 1 N–H and O–H groups in total. The Balaban J connectivity index is 2.44. The van der Waals surface area contributed by atoms with Gasteiger partial charge in [0.2, 0.25) is 0 Å². The van der Waals surface area contributed by atoms with Gasteiger partial charge in [-0.05, 0) is 6.42 Å². The fraction of sp³-hybridized carbons (Fsp3) is 0.667. The molecule has 0 amide bonds. The smallest absolute Gasteiger partial charge is 0.332 e. The molecule has 1 aliphatic rings. The average Bonchev–Trinajstić information content (AvgIpc) is 2.72. The highest BCUT2D eigenvalue weighted by atomic mass is 16.6. The van der Waals surface area contributed by atoms with E-state index in [4.69, 9.17) is 9.47 Å². The van der Waals surface area contributed by atoms with Crippen LogP contribution in [0.15, 0.2) is 21.9 Å². The van der Waals surface area contributed by atoms with Crippen molar-refractivity contribution in [1.29, 1.82) is 0 Å². The van der Waals surface area contributed by atoms with Crippen LogP contribution < -0.4 is 11.2 Å². The van der Waals surface area contributed by atoms with E-state index < -0.39 is 24.1 Å². The minimum Gasteiger partial charge on any atom is -0.388 e. The van der Waals surface area contributed by atoms with Gasteiger partial charge in [0.15, 0.2) is 6.23 Å². The van der Waals surface area contributed by atoms with Crippen LogP contribution in [0.2, 0.25) is 0 Å². The van der Waals surface area contributed by atoms with E-state index in [2.05, 4.69) is 0 Å². The average molecular weight is 270 g/mol. The lowest BCUT2D eigenvalue weighted by Gasteiger charge is -2.20. The highest BCUT2D eigenvalue weighted by molar-refractivity contribution is 4.94. The first-order chi connectivity index (χ1) is 9.01. The summed E-state index contributed by atoms with van der Waals surface area (Å²) in [4.78, 5) is 23.4. The monoisotopic (exact) mass is 270 g/mol. The van der Waals surface area contributed by atoms with Crippen molar-refractivity contribution >= 4 is 0 Å². The third-order valence-electron chi connectivity index (χ3n) is 3.48. The molecule has 0 aromatic carbocycles. The molecule has 19 heavy (non-hydrogen) atoms. The van der Waals surface area contributed by atoms with Gasteiger partial charge in [-0.15, -0.1) is 0 Å². The Labute approximate surface area is 110 Å². The fourth-order valence-corrected chi connectivity index (χ4v) is 2.32. The molecule has 1 aromatic rings. The number of ether oxygens (including phenoxy) is 2. The van der Waals surface area contributed by atoms with Crippen molar-refractivity contribution in [1.82, 2.24) is 9.13 Å². The van der Waals surface area contributed by atoms with Crippen molar-refractivity contribution in [2.24, 2.45) is 7.05 Å². The molecule has 7 nitrogen and oxygen atoms in total. The molecule has 0 saturated carbocycles. The molecule has 106 valence electrons. The zero-order valence-electron chi connectivity index (χ0n) is 11.1. The van der Waals surface area contributed by atoms with E-state index >= 15 is 0 Å². The Hall–Kier alpha value is -1.44. The summed E-state index contributed by atoms with van der Waals surface area (Å²) in [5, 5.41) is 10.1. The van der Waals surface area contributed by atoms with E-state index in [1.807, 2.05) is 6.92 Å². The maximum Gasteiger partial charge on any atom is 0.332 e. The zero-order chi connectivity index (χ0) is 14.2. The van der Waals surface area contributed by atoms with Gasteiger partial charge >= 0.3 is 5.69 Å². The molecule has 2 rings (SSSR count). The molecule has 0 radical (unpaired) electrons. The quantitative estimate of drug-likeness (QED) is 0.780. The van der Waals surface area contributed by atoms with Gasteiger partial charge in [0.25, 0.3) is 5.56 Å². The van der Waals surface area contributed by atoms with Crippen LogP contribution in [0, 0.1) is 0 Å². The fourth-order valence-electron chi connectivity index (χ4n) is 2.32. The summed E-state index contributed by atoms with van der Waals surface area (Å²) in [7, 11) is 2.85. The largest absolute Gasteiger partial charge is 0.388 e. The molecule has 1 saturated heterocycles. The molecule has 4 atom stereocenters. The normalized spacial score (nSPS) is 30.7. The highest BCUT2D eigenvalue weighted by Gasteiger charge is 2.44. The number of nitrogens with zero attached hydrogens (tertiary/aromatic N) is 2. The summed E-state index contributed by atoms with van der Waals surface area (Å²) in [6.07, 6.45) is -0.586. The van der Waals surface area contributed by atoms with E-state index in [9.17, 15) is 14.7 Å². The van der Waals surface area contributed by atoms with Crippen molar-refractivity contribution in [2.45, 2.75) is 37.9 Å². The molecule has 0 spiro atoms. The first-order valence-corrected chi connectivity index (χ1v) is 6.15. The SMILES string of the molecule is CC[C@H]1O[C@@H](n2ccc(=O)n(C)c2=O)[C@H](OC)[C@@H]1O. The van der Waals surface area contributed by atoms with Gasteiger partial charge in [0, 0.05) is 26.4 Å². The van der Waals surface area contributed by atoms with Crippen LogP contribution in [0.3, 0.4) is 0 Å². The van der Waals surface area contributed by atoms with Crippen LogP contribution in [0.1, 0.15) is 19.6 Å². The molecular weight excluding hydrogens is 252 g/mol. The number of aliphatic hydroxyl groups is 1. The van der Waals surface area contributed by atoms with Crippen molar-refractivity contribution in [3.8, 4) is 0 Å². The molecule has 1 aromatic heterocycles. The van der Waals surface area contributed by atoms with Crippen molar-refractivity contribution in [2.75, 3.05) is 7.11 Å². The Morgan fingerprint density at radius 2 is 2.16 bits per heavy atom. The van der Waals surface area contributed by atoms with Gasteiger partial charge in [-0.3, -0.25) is 13.9 Å². The predicted molar refractivity (Wildman–Crippen MR) is 66.9 cm³/mol. The van der Waals surface area contributed by atoms with Gasteiger partial charge in [-0.25, -0.2) is 4.79 Å². The van der Waals surface area contributed by atoms with Gasteiger partial charge in [-0.2, -0.15) is 0 Å². The lowest BCUT2D eigenvalue weighted by Crippen LogP contribution is -2.42. The maximum atomic E-state index is 12.0.